The Kier molecular flexibility index (Phi) is 6.41. The lowest BCUT2D eigenvalue weighted by molar-refractivity contribution is -0.120. The Morgan fingerprint density at radius 3 is 2.52 bits per heavy atom. The van der Waals surface area contributed by atoms with Crippen LogP contribution in [0.2, 0.25) is 0 Å². The van der Waals surface area contributed by atoms with Crippen LogP contribution in [-0.2, 0) is 11.3 Å². The molecule has 0 aliphatic carbocycles. The summed E-state index contributed by atoms with van der Waals surface area (Å²) in [4.78, 5) is 23.2. The van der Waals surface area contributed by atoms with Crippen LogP contribution in [0.4, 0.5) is 4.79 Å². The van der Waals surface area contributed by atoms with E-state index in [2.05, 4.69) is 16.0 Å². The van der Waals surface area contributed by atoms with Gasteiger partial charge in [0.1, 0.15) is 0 Å². The molecule has 2 aromatic carbocycles. The Morgan fingerprint density at radius 1 is 0.913 bits per heavy atom. The monoisotopic (exact) mass is 313 g/mol. The molecule has 0 saturated carbocycles. The summed E-state index contributed by atoms with van der Waals surface area (Å²) < 4.78 is 0. The zero-order valence-electron chi connectivity index (χ0n) is 13.4. The highest BCUT2D eigenvalue weighted by Gasteiger charge is 2.05. The van der Waals surface area contributed by atoms with Gasteiger partial charge in [-0.15, -0.1) is 0 Å². The van der Waals surface area contributed by atoms with Crippen molar-refractivity contribution in [2.24, 2.45) is 0 Å². The first-order chi connectivity index (χ1) is 11.2. The number of fused-ring (bicyclic) bond motifs is 1. The molecular formula is C18H23N3O2. The van der Waals surface area contributed by atoms with Crippen molar-refractivity contribution in [1.29, 1.82) is 0 Å². The average Bonchev–Trinajstić information content (AvgIpc) is 2.58. The number of carbonyl (C=O) groups excluding carboxylic acids is 2. The van der Waals surface area contributed by atoms with Crippen LogP contribution in [0.1, 0.15) is 25.3 Å². The van der Waals surface area contributed by atoms with Crippen molar-refractivity contribution in [2.45, 2.75) is 26.3 Å². The van der Waals surface area contributed by atoms with Gasteiger partial charge in [0, 0.05) is 26.1 Å². The zero-order chi connectivity index (χ0) is 16.5. The molecule has 0 saturated heterocycles. The first-order valence-corrected chi connectivity index (χ1v) is 7.95. The van der Waals surface area contributed by atoms with E-state index in [0.29, 0.717) is 26.1 Å². The molecule has 0 aliphatic rings. The number of hydrogen-bond donors (Lipinski definition) is 3. The van der Waals surface area contributed by atoms with Crippen molar-refractivity contribution in [3.05, 3.63) is 48.0 Å². The predicted octanol–water partition coefficient (Wildman–Crippen LogP) is 2.56. The third-order valence-electron chi connectivity index (χ3n) is 3.53. The van der Waals surface area contributed by atoms with E-state index in [1.54, 1.807) is 0 Å². The van der Waals surface area contributed by atoms with Gasteiger partial charge in [0.15, 0.2) is 0 Å². The molecule has 0 bridgehead atoms. The Bertz CT molecular complexity index is 665. The van der Waals surface area contributed by atoms with Crippen molar-refractivity contribution in [1.82, 2.24) is 16.0 Å². The van der Waals surface area contributed by atoms with E-state index in [0.717, 1.165) is 22.8 Å². The maximum absolute atomic E-state index is 11.8. The maximum atomic E-state index is 11.8. The van der Waals surface area contributed by atoms with Gasteiger partial charge in [-0.25, -0.2) is 4.79 Å². The number of carbonyl (C=O) groups is 2. The maximum Gasteiger partial charge on any atom is 0.315 e. The number of amides is 3. The van der Waals surface area contributed by atoms with Gasteiger partial charge < -0.3 is 16.0 Å². The second-order valence-corrected chi connectivity index (χ2v) is 5.35. The fraction of sp³-hybridized carbons (Fsp3) is 0.333. The van der Waals surface area contributed by atoms with E-state index in [1.165, 1.54) is 0 Å². The van der Waals surface area contributed by atoms with Crippen LogP contribution in [0.15, 0.2) is 42.5 Å². The molecule has 0 unspecified atom stereocenters. The van der Waals surface area contributed by atoms with Gasteiger partial charge >= 0.3 is 6.03 Å². The van der Waals surface area contributed by atoms with Crippen LogP contribution in [0.3, 0.4) is 0 Å². The Hall–Kier alpha value is -2.56. The van der Waals surface area contributed by atoms with Crippen LogP contribution in [-0.4, -0.2) is 25.0 Å². The van der Waals surface area contributed by atoms with Gasteiger partial charge in [0.05, 0.1) is 0 Å². The summed E-state index contributed by atoms with van der Waals surface area (Å²) in [7, 11) is 0. The van der Waals surface area contributed by atoms with Crippen LogP contribution >= 0.6 is 0 Å². The summed E-state index contributed by atoms with van der Waals surface area (Å²) in [5, 5.41) is 10.6. The second kappa shape index (κ2) is 8.78. The number of rotatable bonds is 7. The van der Waals surface area contributed by atoms with Gasteiger partial charge in [-0.1, -0.05) is 49.4 Å². The summed E-state index contributed by atoms with van der Waals surface area (Å²) in [6, 6.07) is 13.8. The van der Waals surface area contributed by atoms with Crippen LogP contribution in [0.25, 0.3) is 10.8 Å². The van der Waals surface area contributed by atoms with E-state index < -0.39 is 0 Å². The molecule has 122 valence electrons. The number of urea groups is 1. The van der Waals surface area contributed by atoms with Crippen molar-refractivity contribution in [3.63, 3.8) is 0 Å². The first-order valence-electron chi connectivity index (χ1n) is 7.95. The lowest BCUT2D eigenvalue weighted by atomic mass is 10.0. The Balaban J connectivity index is 1.77. The van der Waals surface area contributed by atoms with E-state index in [9.17, 15) is 9.59 Å². The molecule has 0 aromatic heterocycles. The molecule has 0 radical (unpaired) electrons. The molecule has 0 aliphatic heterocycles. The quantitative estimate of drug-likeness (QED) is 0.735. The fourth-order valence-electron chi connectivity index (χ4n) is 2.33. The summed E-state index contributed by atoms with van der Waals surface area (Å²) in [6.07, 6.45) is 1.20. The molecule has 2 aromatic rings. The van der Waals surface area contributed by atoms with Crippen molar-refractivity contribution in [3.8, 4) is 0 Å². The van der Waals surface area contributed by atoms with Gasteiger partial charge in [-0.3, -0.25) is 4.79 Å². The van der Waals surface area contributed by atoms with Crippen LogP contribution < -0.4 is 16.0 Å². The van der Waals surface area contributed by atoms with Crippen LogP contribution in [0.5, 0.6) is 0 Å². The lowest BCUT2D eigenvalue weighted by Crippen LogP contribution is -2.37. The standard InChI is InChI=1S/C18H23N3O2/c1-2-11-19-17(22)10-12-20-18(23)21-13-15-8-5-7-14-6-3-4-9-16(14)15/h3-9H,2,10-13H2,1H3,(H,19,22)(H2,20,21,23). The lowest BCUT2D eigenvalue weighted by Gasteiger charge is -2.10. The van der Waals surface area contributed by atoms with Crippen molar-refractivity contribution >= 4 is 22.7 Å². The number of benzene rings is 2. The first kappa shape index (κ1) is 16.8. The Labute approximate surface area is 136 Å². The second-order valence-electron chi connectivity index (χ2n) is 5.35. The number of nitrogens with one attached hydrogen (secondary N) is 3. The molecule has 3 N–H and O–H groups in total. The molecule has 5 heteroatoms. The summed E-state index contributed by atoms with van der Waals surface area (Å²) >= 11 is 0. The third-order valence-corrected chi connectivity index (χ3v) is 3.53. The zero-order valence-corrected chi connectivity index (χ0v) is 13.4. The SMILES string of the molecule is CCCNC(=O)CCNC(=O)NCc1cccc2ccccc12. The molecule has 3 amide bonds. The highest BCUT2D eigenvalue weighted by atomic mass is 16.2. The largest absolute Gasteiger partial charge is 0.356 e. The van der Waals surface area contributed by atoms with Gasteiger partial charge in [0.25, 0.3) is 0 Å². The molecule has 23 heavy (non-hydrogen) atoms. The molecule has 0 fully saturated rings. The van der Waals surface area contributed by atoms with E-state index in [-0.39, 0.29) is 11.9 Å². The number of hydrogen-bond acceptors (Lipinski definition) is 2. The van der Waals surface area contributed by atoms with Crippen molar-refractivity contribution in [2.75, 3.05) is 13.1 Å². The third kappa shape index (κ3) is 5.29. The molecule has 0 atom stereocenters. The Morgan fingerprint density at radius 2 is 1.70 bits per heavy atom. The molecule has 0 heterocycles. The van der Waals surface area contributed by atoms with Crippen molar-refractivity contribution < 1.29 is 9.59 Å². The minimum Gasteiger partial charge on any atom is -0.356 e. The minimum absolute atomic E-state index is 0.0406. The summed E-state index contributed by atoms with van der Waals surface area (Å²) in [5.74, 6) is -0.0406. The minimum atomic E-state index is -0.263. The fourth-order valence-corrected chi connectivity index (χ4v) is 2.33. The smallest absolute Gasteiger partial charge is 0.315 e. The van der Waals surface area contributed by atoms with Gasteiger partial charge in [0.2, 0.25) is 5.91 Å². The normalized spacial score (nSPS) is 10.3. The van der Waals surface area contributed by atoms with E-state index in [1.807, 2.05) is 49.4 Å². The van der Waals surface area contributed by atoms with Gasteiger partial charge in [-0.2, -0.15) is 0 Å². The predicted molar refractivity (Wildman–Crippen MR) is 92.1 cm³/mol. The van der Waals surface area contributed by atoms with E-state index >= 15 is 0 Å². The summed E-state index contributed by atoms with van der Waals surface area (Å²) in [6.45, 7) is 3.46. The van der Waals surface area contributed by atoms with Crippen LogP contribution in [0, 0.1) is 0 Å². The molecule has 5 nitrogen and oxygen atoms in total. The molecular weight excluding hydrogens is 290 g/mol. The summed E-state index contributed by atoms with van der Waals surface area (Å²) in [5.41, 5.74) is 1.07. The molecule has 2 rings (SSSR count). The highest BCUT2D eigenvalue weighted by molar-refractivity contribution is 5.86. The highest BCUT2D eigenvalue weighted by Crippen LogP contribution is 2.18. The molecule has 0 spiro atoms. The average molecular weight is 313 g/mol. The van der Waals surface area contributed by atoms with E-state index in [4.69, 9.17) is 0 Å². The topological polar surface area (TPSA) is 70.2 Å². The van der Waals surface area contributed by atoms with Gasteiger partial charge in [-0.05, 0) is 22.8 Å².